The molecule has 244 valence electrons. The van der Waals surface area contributed by atoms with Crippen LogP contribution in [0.4, 0.5) is 4.39 Å². The normalized spacial score (nSPS) is 16.6. The predicted molar refractivity (Wildman–Crippen MR) is 175 cm³/mol. The van der Waals surface area contributed by atoms with Crippen molar-refractivity contribution in [3.05, 3.63) is 109 Å². The first-order chi connectivity index (χ1) is 22.7. The molecule has 3 aromatic carbocycles. The van der Waals surface area contributed by atoms with Crippen LogP contribution in [0, 0.1) is 5.82 Å². The van der Waals surface area contributed by atoms with E-state index in [1.165, 1.54) is 15.2 Å². The van der Waals surface area contributed by atoms with E-state index < -0.39 is 23.5 Å². The number of ether oxygens (including phenoxy) is 3. The van der Waals surface area contributed by atoms with Gasteiger partial charge < -0.3 is 24.4 Å². The Morgan fingerprint density at radius 3 is 2.38 bits per heavy atom. The van der Waals surface area contributed by atoms with Gasteiger partial charge in [0.1, 0.15) is 29.1 Å². The van der Waals surface area contributed by atoms with E-state index in [4.69, 9.17) is 25.8 Å². The summed E-state index contributed by atoms with van der Waals surface area (Å²) in [6, 6.07) is 15.7. The zero-order chi connectivity index (χ0) is 32.8. The number of hydrogen-bond acceptors (Lipinski definition) is 6. The van der Waals surface area contributed by atoms with E-state index in [2.05, 4.69) is 21.2 Å². The van der Waals surface area contributed by atoms with Gasteiger partial charge in [0, 0.05) is 34.8 Å². The average Bonchev–Trinajstić information content (AvgIpc) is 3.81. The number of amides is 2. The highest BCUT2D eigenvalue weighted by molar-refractivity contribution is 9.10. The summed E-state index contributed by atoms with van der Waals surface area (Å²) in [6.07, 6.45) is 2.09. The van der Waals surface area contributed by atoms with E-state index in [0.717, 1.165) is 12.8 Å². The summed E-state index contributed by atoms with van der Waals surface area (Å²) >= 11 is 9.61. The number of benzene rings is 3. The summed E-state index contributed by atoms with van der Waals surface area (Å²) in [6.45, 7) is 3.00. The number of nitrogens with zero attached hydrogens (tertiary/aromatic N) is 3. The van der Waals surface area contributed by atoms with Crippen molar-refractivity contribution in [1.82, 2.24) is 19.4 Å². The van der Waals surface area contributed by atoms with Crippen molar-refractivity contribution < 1.29 is 28.2 Å². The number of nitrogens with one attached hydrogen (secondary N) is 1. The fraction of sp³-hybridized carbons (Fsp3) is 0.324. The molecule has 10 nitrogen and oxygen atoms in total. The molecule has 1 saturated heterocycles. The van der Waals surface area contributed by atoms with Gasteiger partial charge in [-0.1, -0.05) is 17.7 Å². The van der Waals surface area contributed by atoms with Crippen molar-refractivity contribution in [2.75, 3.05) is 19.8 Å². The molecular formula is C34H31BrClFN4O6. The zero-order valence-electron chi connectivity index (χ0n) is 25.4. The van der Waals surface area contributed by atoms with E-state index in [1.807, 2.05) is 0 Å². The van der Waals surface area contributed by atoms with E-state index in [9.17, 15) is 14.4 Å². The molecule has 0 spiro atoms. The van der Waals surface area contributed by atoms with Gasteiger partial charge in [-0.25, -0.2) is 9.18 Å². The second-order valence-electron chi connectivity index (χ2n) is 11.9. The molecule has 7 rings (SSSR count). The number of halogens is 3. The van der Waals surface area contributed by atoms with Gasteiger partial charge in [-0.2, -0.15) is 0 Å². The highest BCUT2D eigenvalue weighted by atomic mass is 79.9. The SMILES string of the molecule is C[C@@H](NC(=O)c1c2n(c(=O)n1-c1ccc(OC3CC3)cc1)CCN(C(=O)c1ccc(Br)c(Cl)c1)C2)c1ccc(OC2COC2)cc1F. The Morgan fingerprint density at radius 2 is 1.72 bits per heavy atom. The van der Waals surface area contributed by atoms with Crippen LogP contribution in [0.2, 0.25) is 5.02 Å². The number of aromatic nitrogens is 2. The van der Waals surface area contributed by atoms with Crippen LogP contribution in [0.25, 0.3) is 5.69 Å². The van der Waals surface area contributed by atoms with Crippen LogP contribution in [0.5, 0.6) is 11.5 Å². The minimum atomic E-state index is -0.761. The first-order valence-corrected chi connectivity index (χ1v) is 16.5. The Hall–Kier alpha value is -4.13. The minimum Gasteiger partial charge on any atom is -0.490 e. The summed E-state index contributed by atoms with van der Waals surface area (Å²) in [4.78, 5) is 43.2. The number of hydrogen-bond donors (Lipinski definition) is 1. The smallest absolute Gasteiger partial charge is 0.333 e. The van der Waals surface area contributed by atoms with E-state index in [0.29, 0.717) is 51.2 Å². The van der Waals surface area contributed by atoms with Crippen LogP contribution in [0.15, 0.2) is 69.9 Å². The third kappa shape index (κ3) is 6.41. The Balaban J connectivity index is 1.21. The third-order valence-corrected chi connectivity index (χ3v) is 9.70. The molecule has 1 N–H and O–H groups in total. The number of carbonyl (C=O) groups is 2. The standard InChI is InChI=1S/C34H31BrClFN4O6/c1-19(26-10-9-24(15-29(26)37)47-25-17-45-18-25)38-32(42)31-30-16-39(33(43)20-2-11-27(35)28(36)14-20)12-13-40(30)34(44)41(31)21-3-5-22(6-4-21)46-23-7-8-23/h2-6,9-11,14-15,19,23,25H,7-8,12-13,16-18H2,1H3,(H,38,42)/t19-/m1/s1. The molecule has 1 atom stereocenters. The van der Waals surface area contributed by atoms with Gasteiger partial charge in [-0.05, 0) is 84.2 Å². The maximum atomic E-state index is 15.2. The molecule has 2 aliphatic heterocycles. The first kappa shape index (κ1) is 31.5. The molecule has 2 fully saturated rings. The Morgan fingerprint density at radius 1 is 1.00 bits per heavy atom. The Kier molecular flexibility index (Phi) is 8.58. The van der Waals surface area contributed by atoms with Crippen LogP contribution >= 0.6 is 27.5 Å². The van der Waals surface area contributed by atoms with Gasteiger partial charge in [0.15, 0.2) is 0 Å². The van der Waals surface area contributed by atoms with Crippen LogP contribution in [0.3, 0.4) is 0 Å². The third-order valence-electron chi connectivity index (χ3n) is 8.47. The van der Waals surface area contributed by atoms with Crippen LogP contribution in [0.1, 0.15) is 57.9 Å². The molecule has 0 unspecified atom stereocenters. The second-order valence-corrected chi connectivity index (χ2v) is 13.1. The van der Waals surface area contributed by atoms with Crippen molar-refractivity contribution >= 4 is 39.3 Å². The maximum absolute atomic E-state index is 15.2. The molecule has 2 amide bonds. The summed E-state index contributed by atoms with van der Waals surface area (Å²) in [5.74, 6) is -0.369. The van der Waals surface area contributed by atoms with Gasteiger partial charge in [0.2, 0.25) is 0 Å². The summed E-state index contributed by atoms with van der Waals surface area (Å²) in [5.41, 5.74) is 1.11. The molecule has 47 heavy (non-hydrogen) atoms. The van der Waals surface area contributed by atoms with Gasteiger partial charge in [-0.15, -0.1) is 0 Å². The molecule has 1 aliphatic carbocycles. The summed E-state index contributed by atoms with van der Waals surface area (Å²) < 4.78 is 35.5. The van der Waals surface area contributed by atoms with Gasteiger partial charge >= 0.3 is 5.69 Å². The lowest BCUT2D eigenvalue weighted by Gasteiger charge is -2.28. The van der Waals surface area contributed by atoms with Crippen LogP contribution in [-0.4, -0.2) is 57.8 Å². The quantitative estimate of drug-likeness (QED) is 0.239. The fourth-order valence-electron chi connectivity index (χ4n) is 5.72. The van der Waals surface area contributed by atoms with Crippen molar-refractivity contribution in [3.8, 4) is 17.2 Å². The van der Waals surface area contributed by atoms with Crippen molar-refractivity contribution in [3.63, 3.8) is 0 Å². The topological polar surface area (TPSA) is 104 Å². The molecule has 4 aromatic rings. The van der Waals surface area contributed by atoms with Gasteiger partial charge in [-0.3, -0.25) is 18.7 Å². The molecule has 3 heterocycles. The molecule has 0 bridgehead atoms. The average molecular weight is 726 g/mol. The van der Waals surface area contributed by atoms with Gasteiger partial charge in [0.25, 0.3) is 11.8 Å². The van der Waals surface area contributed by atoms with Crippen molar-refractivity contribution in [2.45, 2.75) is 51.1 Å². The molecule has 13 heteroatoms. The number of imidazole rings is 1. The van der Waals surface area contributed by atoms with Crippen molar-refractivity contribution in [1.29, 1.82) is 0 Å². The minimum absolute atomic E-state index is 0.0000428. The zero-order valence-corrected chi connectivity index (χ0v) is 27.7. The van der Waals surface area contributed by atoms with Crippen LogP contribution < -0.4 is 20.5 Å². The van der Waals surface area contributed by atoms with E-state index in [-0.39, 0.29) is 49.0 Å². The molecule has 1 aromatic heterocycles. The molecule has 1 saturated carbocycles. The highest BCUT2D eigenvalue weighted by Gasteiger charge is 2.33. The van der Waals surface area contributed by atoms with E-state index in [1.54, 1.807) is 66.4 Å². The second kappa shape index (κ2) is 12.8. The first-order valence-electron chi connectivity index (χ1n) is 15.4. The lowest BCUT2D eigenvalue weighted by Crippen LogP contribution is -2.41. The Labute approximate surface area is 283 Å². The van der Waals surface area contributed by atoms with Crippen molar-refractivity contribution in [2.24, 2.45) is 0 Å². The predicted octanol–water partition coefficient (Wildman–Crippen LogP) is 5.66. The van der Waals surface area contributed by atoms with Gasteiger partial charge in [0.05, 0.1) is 48.3 Å². The highest BCUT2D eigenvalue weighted by Crippen LogP contribution is 2.30. The number of carbonyl (C=O) groups excluding carboxylic acids is 2. The fourth-order valence-corrected chi connectivity index (χ4v) is 6.15. The Bertz CT molecular complexity index is 1920. The molecular weight excluding hydrogens is 695 g/mol. The molecule has 0 radical (unpaired) electrons. The summed E-state index contributed by atoms with van der Waals surface area (Å²) in [5, 5.41) is 3.27. The van der Waals surface area contributed by atoms with Crippen LogP contribution in [-0.2, 0) is 17.8 Å². The maximum Gasteiger partial charge on any atom is 0.333 e. The molecule has 3 aliphatic rings. The lowest BCUT2D eigenvalue weighted by molar-refractivity contribution is -0.0797. The number of fused-ring (bicyclic) bond motifs is 1. The van der Waals surface area contributed by atoms with E-state index >= 15 is 4.39 Å². The summed E-state index contributed by atoms with van der Waals surface area (Å²) in [7, 11) is 0. The largest absolute Gasteiger partial charge is 0.490 e. The number of rotatable bonds is 9. The lowest BCUT2D eigenvalue weighted by atomic mass is 10.1. The monoisotopic (exact) mass is 724 g/mol.